The number of thioether (sulfide) groups is 1. The van der Waals surface area contributed by atoms with Gasteiger partial charge in [0.2, 0.25) is 0 Å². The van der Waals surface area contributed by atoms with Gasteiger partial charge >= 0.3 is 5.97 Å². The van der Waals surface area contributed by atoms with E-state index in [2.05, 4.69) is 9.97 Å². The second-order valence-corrected chi connectivity index (χ2v) is 3.55. The molecule has 0 aliphatic rings. The van der Waals surface area contributed by atoms with Gasteiger partial charge in [0.15, 0.2) is 5.16 Å². The lowest BCUT2D eigenvalue weighted by molar-refractivity contribution is 0.0522. The average Bonchev–Trinajstić information content (AvgIpc) is 2.16. The molecular weight excluding hydrogens is 216 g/mol. The second kappa shape index (κ2) is 4.97. The van der Waals surface area contributed by atoms with Crippen LogP contribution in [0.25, 0.3) is 0 Å². The quantitative estimate of drug-likeness (QED) is 0.474. The van der Waals surface area contributed by atoms with Crippen LogP contribution in [-0.4, -0.2) is 28.8 Å². The molecule has 1 rings (SSSR count). The molecule has 0 saturated carbocycles. The smallest absolute Gasteiger partial charge is 0.345 e. The Bertz CT molecular complexity index is 428. The van der Waals surface area contributed by atoms with Crippen LogP contribution in [0.4, 0.5) is 0 Å². The molecule has 0 aliphatic carbocycles. The number of carbonyl (C=O) groups excluding carboxylic acids is 1. The number of rotatable bonds is 3. The predicted octanol–water partition coefficient (Wildman–Crippen LogP) is 0.977. The van der Waals surface area contributed by atoms with Crippen molar-refractivity contribution >= 4 is 17.7 Å². The van der Waals surface area contributed by atoms with Crippen LogP contribution in [-0.2, 0) is 4.74 Å². The third-order valence-corrected chi connectivity index (χ3v) is 2.33. The van der Waals surface area contributed by atoms with Crippen LogP contribution >= 0.6 is 11.8 Å². The second-order valence-electron chi connectivity index (χ2n) is 2.76. The van der Waals surface area contributed by atoms with Crippen LogP contribution in [0.2, 0.25) is 0 Å². The van der Waals surface area contributed by atoms with Crippen LogP contribution in [0.5, 0.6) is 0 Å². The third kappa shape index (κ3) is 2.59. The highest BCUT2D eigenvalue weighted by atomic mass is 32.2. The van der Waals surface area contributed by atoms with Crippen LogP contribution in [0.3, 0.4) is 0 Å². The molecule has 0 aromatic carbocycles. The first-order chi connectivity index (χ1) is 7.10. The maximum Gasteiger partial charge on any atom is 0.345 e. The minimum absolute atomic E-state index is 0.0188. The van der Waals surface area contributed by atoms with E-state index in [1.807, 2.05) is 0 Å². The number of nitrogens with one attached hydrogen (secondary N) is 1. The van der Waals surface area contributed by atoms with Crippen LogP contribution in [0.15, 0.2) is 9.95 Å². The van der Waals surface area contributed by atoms with Gasteiger partial charge in [0.25, 0.3) is 5.56 Å². The van der Waals surface area contributed by atoms with Crippen molar-refractivity contribution in [2.24, 2.45) is 0 Å². The summed E-state index contributed by atoms with van der Waals surface area (Å²) < 4.78 is 4.76. The highest BCUT2D eigenvalue weighted by Crippen LogP contribution is 2.08. The number of aromatic nitrogens is 2. The standard InChI is InChI=1S/C9H12N2O3S/c1-4-14-8(13)6-5(2)10-9(15-3)11-7(6)12/h4H2,1-3H3,(H,10,11,12). The van der Waals surface area contributed by atoms with Crippen LogP contribution in [0.1, 0.15) is 23.0 Å². The molecule has 0 aliphatic heterocycles. The lowest BCUT2D eigenvalue weighted by atomic mass is 10.2. The molecule has 0 bridgehead atoms. The molecule has 15 heavy (non-hydrogen) atoms. The lowest BCUT2D eigenvalue weighted by Gasteiger charge is -2.04. The van der Waals surface area contributed by atoms with Crippen molar-refractivity contribution < 1.29 is 9.53 Å². The fourth-order valence-electron chi connectivity index (χ4n) is 1.10. The van der Waals surface area contributed by atoms with E-state index < -0.39 is 11.5 Å². The van der Waals surface area contributed by atoms with Crippen LogP contribution < -0.4 is 5.56 Å². The largest absolute Gasteiger partial charge is 0.462 e. The van der Waals surface area contributed by atoms with Gasteiger partial charge in [-0.3, -0.25) is 4.79 Å². The zero-order valence-electron chi connectivity index (χ0n) is 8.79. The van der Waals surface area contributed by atoms with Gasteiger partial charge in [0, 0.05) is 0 Å². The first-order valence-electron chi connectivity index (χ1n) is 4.42. The van der Waals surface area contributed by atoms with Gasteiger partial charge in [-0.1, -0.05) is 11.8 Å². The van der Waals surface area contributed by atoms with Gasteiger partial charge in [-0.15, -0.1) is 0 Å². The van der Waals surface area contributed by atoms with Crippen molar-refractivity contribution in [3.63, 3.8) is 0 Å². The van der Waals surface area contributed by atoms with E-state index in [0.29, 0.717) is 10.9 Å². The highest BCUT2D eigenvalue weighted by Gasteiger charge is 2.16. The summed E-state index contributed by atoms with van der Waals surface area (Å²) in [4.78, 5) is 29.5. The molecule has 5 nitrogen and oxygen atoms in total. The minimum atomic E-state index is -0.628. The summed E-state index contributed by atoms with van der Waals surface area (Å²) >= 11 is 1.31. The maximum atomic E-state index is 11.5. The summed E-state index contributed by atoms with van der Waals surface area (Å²) in [6.07, 6.45) is 1.79. The van der Waals surface area contributed by atoms with Gasteiger partial charge in [-0.25, -0.2) is 9.78 Å². The Labute approximate surface area is 91.3 Å². The Morgan fingerprint density at radius 1 is 1.60 bits per heavy atom. The number of carbonyl (C=O) groups is 1. The van der Waals surface area contributed by atoms with E-state index in [1.165, 1.54) is 11.8 Å². The summed E-state index contributed by atoms with van der Waals surface area (Å²) in [7, 11) is 0. The Morgan fingerprint density at radius 3 is 2.73 bits per heavy atom. The summed E-state index contributed by atoms with van der Waals surface area (Å²) in [6, 6.07) is 0. The molecule has 0 spiro atoms. The number of hydrogen-bond acceptors (Lipinski definition) is 5. The van der Waals surface area contributed by atoms with Crippen molar-refractivity contribution in [3.8, 4) is 0 Å². The van der Waals surface area contributed by atoms with E-state index in [1.54, 1.807) is 20.1 Å². The van der Waals surface area contributed by atoms with Gasteiger partial charge in [-0.2, -0.15) is 0 Å². The topological polar surface area (TPSA) is 72.0 Å². The normalized spacial score (nSPS) is 10.1. The molecule has 1 aromatic heterocycles. The molecule has 0 fully saturated rings. The first-order valence-corrected chi connectivity index (χ1v) is 5.64. The maximum absolute atomic E-state index is 11.5. The Morgan fingerprint density at radius 2 is 2.27 bits per heavy atom. The molecule has 0 atom stereocenters. The number of ether oxygens (including phenoxy) is 1. The summed E-state index contributed by atoms with van der Waals surface area (Å²) in [5.41, 5.74) is -0.0819. The Kier molecular flexibility index (Phi) is 3.90. The van der Waals surface area contributed by atoms with Crippen molar-refractivity contribution in [3.05, 3.63) is 21.6 Å². The molecular formula is C9H12N2O3S. The molecule has 0 unspecified atom stereocenters. The number of nitrogens with zero attached hydrogens (tertiary/aromatic N) is 1. The lowest BCUT2D eigenvalue weighted by Crippen LogP contribution is -2.23. The van der Waals surface area contributed by atoms with E-state index in [-0.39, 0.29) is 12.2 Å². The van der Waals surface area contributed by atoms with E-state index in [4.69, 9.17) is 4.74 Å². The van der Waals surface area contributed by atoms with Gasteiger partial charge < -0.3 is 9.72 Å². The fraction of sp³-hybridized carbons (Fsp3) is 0.444. The molecule has 6 heteroatoms. The van der Waals surface area contributed by atoms with Crippen LogP contribution in [0, 0.1) is 6.92 Å². The van der Waals surface area contributed by atoms with Gasteiger partial charge in [-0.05, 0) is 20.1 Å². The molecule has 0 radical (unpaired) electrons. The molecule has 1 aromatic rings. The van der Waals surface area contributed by atoms with E-state index in [9.17, 15) is 9.59 Å². The monoisotopic (exact) mass is 228 g/mol. The summed E-state index contributed by atoms with van der Waals surface area (Å²) in [5, 5.41) is 0.491. The Balaban J connectivity index is 3.20. The number of aromatic amines is 1. The average molecular weight is 228 g/mol. The van der Waals surface area contributed by atoms with Gasteiger partial charge in [0.05, 0.1) is 12.3 Å². The number of H-pyrrole nitrogens is 1. The Hall–Kier alpha value is -1.30. The predicted molar refractivity (Wildman–Crippen MR) is 57.3 cm³/mol. The summed E-state index contributed by atoms with van der Waals surface area (Å²) in [5.74, 6) is -0.628. The first kappa shape index (κ1) is 11.8. The highest BCUT2D eigenvalue weighted by molar-refractivity contribution is 7.98. The SMILES string of the molecule is CCOC(=O)c1c(C)nc(SC)[nH]c1=O. The van der Waals surface area contributed by atoms with E-state index >= 15 is 0 Å². The van der Waals surface area contributed by atoms with Crippen molar-refractivity contribution in [2.45, 2.75) is 19.0 Å². The third-order valence-electron chi connectivity index (χ3n) is 1.75. The van der Waals surface area contributed by atoms with E-state index in [0.717, 1.165) is 0 Å². The molecule has 0 saturated heterocycles. The minimum Gasteiger partial charge on any atom is -0.462 e. The molecule has 0 amide bonds. The molecule has 1 N–H and O–H groups in total. The van der Waals surface area contributed by atoms with Crippen molar-refractivity contribution in [2.75, 3.05) is 12.9 Å². The fourth-order valence-corrected chi connectivity index (χ4v) is 1.52. The molecule has 1 heterocycles. The van der Waals surface area contributed by atoms with Crippen molar-refractivity contribution in [1.29, 1.82) is 0 Å². The molecule has 82 valence electrons. The van der Waals surface area contributed by atoms with Crippen molar-refractivity contribution in [1.82, 2.24) is 9.97 Å². The zero-order valence-corrected chi connectivity index (χ0v) is 9.60. The van der Waals surface area contributed by atoms with Gasteiger partial charge in [0.1, 0.15) is 5.56 Å². The number of esters is 1. The zero-order chi connectivity index (χ0) is 11.4. The number of hydrogen-bond donors (Lipinski definition) is 1. The summed E-state index contributed by atoms with van der Waals surface area (Å²) in [6.45, 7) is 3.54. The number of aryl methyl sites for hydroxylation is 1.